The van der Waals surface area contributed by atoms with Crippen molar-refractivity contribution in [2.45, 2.75) is 33.6 Å². The van der Waals surface area contributed by atoms with E-state index in [1.807, 2.05) is 36.9 Å². The van der Waals surface area contributed by atoms with Crippen LogP contribution in [-0.4, -0.2) is 34.4 Å². The fraction of sp³-hybridized carbons (Fsp3) is 0.400. The van der Waals surface area contributed by atoms with Crippen LogP contribution in [0.1, 0.15) is 40.2 Å². The van der Waals surface area contributed by atoms with Gasteiger partial charge >= 0.3 is 0 Å². The van der Waals surface area contributed by atoms with Gasteiger partial charge in [-0.05, 0) is 51.3 Å². The second kappa shape index (κ2) is 6.75. The molecule has 0 unspecified atom stereocenters. The number of aromatic nitrogens is 1. The Balaban J connectivity index is 1.87. The van der Waals surface area contributed by atoms with Crippen LogP contribution >= 0.6 is 0 Å². The Labute approximate surface area is 148 Å². The van der Waals surface area contributed by atoms with Crippen molar-refractivity contribution in [1.29, 1.82) is 0 Å². The Morgan fingerprint density at radius 1 is 1.08 bits per heavy atom. The van der Waals surface area contributed by atoms with Crippen LogP contribution in [0, 0.1) is 26.7 Å². The van der Waals surface area contributed by atoms with Crippen LogP contribution in [0.2, 0.25) is 0 Å². The summed E-state index contributed by atoms with van der Waals surface area (Å²) in [4.78, 5) is 26.1. The van der Waals surface area contributed by atoms with Gasteiger partial charge in [-0.15, -0.1) is 0 Å². The minimum atomic E-state index is -0.259. The number of aryl methyl sites for hydroxylation is 2. The number of nitrogens with zero attached hydrogens (tertiary/aromatic N) is 2. The van der Waals surface area contributed by atoms with Gasteiger partial charge in [-0.25, -0.2) is 0 Å². The predicted octanol–water partition coefficient (Wildman–Crippen LogP) is 2.74. The van der Waals surface area contributed by atoms with E-state index in [9.17, 15) is 9.59 Å². The molecule has 1 aromatic carbocycles. The van der Waals surface area contributed by atoms with E-state index in [-0.39, 0.29) is 17.7 Å². The van der Waals surface area contributed by atoms with Crippen molar-refractivity contribution in [3.8, 4) is 5.69 Å². The van der Waals surface area contributed by atoms with Crippen molar-refractivity contribution in [1.82, 2.24) is 9.47 Å². The maximum absolute atomic E-state index is 13.0. The Hall–Kier alpha value is -2.56. The molecule has 2 N–H and O–H groups in total. The highest BCUT2D eigenvalue weighted by Gasteiger charge is 2.28. The number of para-hydroxylation sites is 1. The molecule has 25 heavy (non-hydrogen) atoms. The minimum Gasteiger partial charge on any atom is -0.369 e. The lowest BCUT2D eigenvalue weighted by Crippen LogP contribution is -2.41. The first kappa shape index (κ1) is 17.3. The van der Waals surface area contributed by atoms with Gasteiger partial charge in [0.1, 0.15) is 0 Å². The molecule has 0 atom stereocenters. The summed E-state index contributed by atoms with van der Waals surface area (Å²) >= 11 is 0. The van der Waals surface area contributed by atoms with Gasteiger partial charge in [-0.3, -0.25) is 9.59 Å². The Kier molecular flexibility index (Phi) is 4.66. The highest BCUT2D eigenvalue weighted by Crippen LogP contribution is 2.26. The number of hydrogen-bond acceptors (Lipinski definition) is 2. The summed E-state index contributed by atoms with van der Waals surface area (Å²) in [6, 6.07) is 10.1. The fourth-order valence-corrected chi connectivity index (χ4v) is 3.70. The number of amides is 2. The van der Waals surface area contributed by atoms with Crippen LogP contribution in [0.15, 0.2) is 30.3 Å². The third kappa shape index (κ3) is 3.18. The number of likely N-dealkylation sites (tertiary alicyclic amines) is 1. The summed E-state index contributed by atoms with van der Waals surface area (Å²) in [6.07, 6.45) is 1.30. The van der Waals surface area contributed by atoms with E-state index in [1.165, 1.54) is 5.56 Å². The quantitative estimate of drug-likeness (QED) is 0.934. The largest absolute Gasteiger partial charge is 0.369 e. The summed E-state index contributed by atoms with van der Waals surface area (Å²) in [5.41, 5.74) is 10.4. The smallest absolute Gasteiger partial charge is 0.255 e. The Morgan fingerprint density at radius 2 is 1.72 bits per heavy atom. The number of benzene rings is 1. The first-order chi connectivity index (χ1) is 11.9. The molecule has 0 spiro atoms. The molecular formula is C20H25N3O2. The van der Waals surface area contributed by atoms with Crippen LogP contribution in [0.25, 0.3) is 5.69 Å². The molecule has 132 valence electrons. The van der Waals surface area contributed by atoms with Crippen LogP contribution in [-0.2, 0) is 4.79 Å². The Bertz CT molecular complexity index is 814. The highest BCUT2D eigenvalue weighted by atomic mass is 16.2. The number of hydrogen-bond donors (Lipinski definition) is 1. The maximum atomic E-state index is 13.0. The SMILES string of the molecule is Cc1ccccc1-n1c(C)cc(C(=O)N2CCC(C(N)=O)CC2)c1C. The molecule has 1 fully saturated rings. The molecule has 0 aliphatic carbocycles. The van der Waals surface area contributed by atoms with E-state index in [4.69, 9.17) is 5.73 Å². The van der Waals surface area contributed by atoms with Gasteiger partial charge in [0.2, 0.25) is 5.91 Å². The molecule has 0 radical (unpaired) electrons. The molecule has 5 heteroatoms. The van der Waals surface area contributed by atoms with Crippen molar-refractivity contribution in [3.63, 3.8) is 0 Å². The van der Waals surface area contributed by atoms with Crippen LogP contribution in [0.3, 0.4) is 0 Å². The number of piperidine rings is 1. The lowest BCUT2D eigenvalue weighted by atomic mass is 9.96. The molecule has 1 aliphatic rings. The van der Waals surface area contributed by atoms with E-state index in [2.05, 4.69) is 23.6 Å². The van der Waals surface area contributed by atoms with E-state index < -0.39 is 0 Å². The molecule has 2 heterocycles. The number of nitrogens with two attached hydrogens (primary N) is 1. The van der Waals surface area contributed by atoms with Crippen LogP contribution in [0.5, 0.6) is 0 Å². The lowest BCUT2D eigenvalue weighted by Gasteiger charge is -2.30. The van der Waals surface area contributed by atoms with Crippen LogP contribution in [0.4, 0.5) is 0 Å². The zero-order valence-electron chi connectivity index (χ0n) is 15.1. The van der Waals surface area contributed by atoms with Crippen molar-refractivity contribution < 1.29 is 9.59 Å². The fourth-order valence-electron chi connectivity index (χ4n) is 3.70. The normalized spacial score (nSPS) is 15.4. The molecule has 0 saturated carbocycles. The van der Waals surface area contributed by atoms with Crippen molar-refractivity contribution in [3.05, 3.63) is 52.8 Å². The molecule has 1 aliphatic heterocycles. The summed E-state index contributed by atoms with van der Waals surface area (Å²) < 4.78 is 2.14. The van der Waals surface area contributed by atoms with Gasteiger partial charge in [0.25, 0.3) is 5.91 Å². The topological polar surface area (TPSA) is 68.3 Å². The lowest BCUT2D eigenvalue weighted by molar-refractivity contribution is -0.123. The molecular weight excluding hydrogens is 314 g/mol. The maximum Gasteiger partial charge on any atom is 0.255 e. The van der Waals surface area contributed by atoms with Gasteiger partial charge in [0, 0.05) is 36.1 Å². The predicted molar refractivity (Wildman–Crippen MR) is 97.8 cm³/mol. The second-order valence-electron chi connectivity index (χ2n) is 6.88. The first-order valence-electron chi connectivity index (χ1n) is 8.73. The third-order valence-corrected chi connectivity index (χ3v) is 5.20. The summed E-state index contributed by atoms with van der Waals surface area (Å²) in [7, 11) is 0. The third-order valence-electron chi connectivity index (χ3n) is 5.20. The average molecular weight is 339 g/mol. The number of primary amides is 1. The zero-order valence-corrected chi connectivity index (χ0v) is 15.1. The molecule has 3 rings (SSSR count). The molecule has 2 aromatic rings. The summed E-state index contributed by atoms with van der Waals surface area (Å²) in [5, 5.41) is 0. The van der Waals surface area contributed by atoms with Crippen molar-refractivity contribution in [2.24, 2.45) is 11.7 Å². The van der Waals surface area contributed by atoms with E-state index in [0.29, 0.717) is 25.9 Å². The minimum absolute atomic E-state index is 0.0378. The van der Waals surface area contributed by atoms with E-state index in [1.54, 1.807) is 0 Å². The van der Waals surface area contributed by atoms with Gasteiger partial charge < -0.3 is 15.2 Å². The molecule has 0 bridgehead atoms. The van der Waals surface area contributed by atoms with Crippen molar-refractivity contribution >= 4 is 11.8 Å². The standard InChI is InChI=1S/C20H25N3O2/c1-13-6-4-5-7-18(13)23-14(2)12-17(15(23)3)20(25)22-10-8-16(9-11-22)19(21)24/h4-7,12,16H,8-11H2,1-3H3,(H2,21,24). The van der Waals surface area contributed by atoms with Gasteiger partial charge in [-0.1, -0.05) is 18.2 Å². The van der Waals surface area contributed by atoms with Crippen LogP contribution < -0.4 is 5.73 Å². The highest BCUT2D eigenvalue weighted by molar-refractivity contribution is 5.96. The Morgan fingerprint density at radius 3 is 2.32 bits per heavy atom. The monoisotopic (exact) mass is 339 g/mol. The molecule has 5 nitrogen and oxygen atoms in total. The zero-order chi connectivity index (χ0) is 18.1. The summed E-state index contributed by atoms with van der Waals surface area (Å²) in [5.74, 6) is -0.330. The van der Waals surface area contributed by atoms with Gasteiger partial charge in [0.15, 0.2) is 0 Å². The molecule has 2 amide bonds. The van der Waals surface area contributed by atoms with E-state index >= 15 is 0 Å². The van der Waals surface area contributed by atoms with Gasteiger partial charge in [0.05, 0.1) is 5.56 Å². The average Bonchev–Trinajstić information content (AvgIpc) is 2.89. The summed E-state index contributed by atoms with van der Waals surface area (Å²) in [6.45, 7) is 7.25. The molecule has 1 aromatic heterocycles. The van der Waals surface area contributed by atoms with Crippen molar-refractivity contribution in [2.75, 3.05) is 13.1 Å². The first-order valence-corrected chi connectivity index (χ1v) is 8.73. The van der Waals surface area contributed by atoms with E-state index in [0.717, 1.165) is 22.6 Å². The number of carbonyl (C=O) groups is 2. The number of carbonyl (C=O) groups excluding carboxylic acids is 2. The molecule has 1 saturated heterocycles. The number of rotatable bonds is 3. The second-order valence-corrected chi connectivity index (χ2v) is 6.88. The van der Waals surface area contributed by atoms with Gasteiger partial charge in [-0.2, -0.15) is 0 Å².